The van der Waals surface area contributed by atoms with Gasteiger partial charge in [0.15, 0.2) is 0 Å². The van der Waals surface area contributed by atoms with Crippen LogP contribution < -0.4 is 5.73 Å². The molecule has 1 atom stereocenters. The van der Waals surface area contributed by atoms with Gasteiger partial charge < -0.3 is 10.6 Å². The Labute approximate surface area is 99.5 Å². The van der Waals surface area contributed by atoms with Gasteiger partial charge >= 0.3 is 6.18 Å². The minimum Gasteiger partial charge on any atom is -0.348 e. The molecule has 4 nitrogen and oxygen atoms in total. The average molecular weight is 255 g/mol. The van der Waals surface area contributed by atoms with Crippen molar-refractivity contribution in [1.82, 2.24) is 9.80 Å². The molecule has 0 aliphatic carbocycles. The summed E-state index contributed by atoms with van der Waals surface area (Å²) in [6, 6.07) is 0. The summed E-state index contributed by atoms with van der Waals surface area (Å²) >= 11 is 0. The topological polar surface area (TPSA) is 49.6 Å². The number of likely N-dealkylation sites (N-methyl/N-ethyl adjacent to an activating group) is 2. The third kappa shape index (κ3) is 5.88. The average Bonchev–Trinajstić information content (AvgIpc) is 2.21. The van der Waals surface area contributed by atoms with Crippen LogP contribution in [0.4, 0.5) is 13.2 Å². The van der Waals surface area contributed by atoms with Gasteiger partial charge in [0.2, 0.25) is 5.91 Å². The smallest absolute Gasteiger partial charge is 0.348 e. The third-order valence-electron chi connectivity index (χ3n) is 2.53. The van der Waals surface area contributed by atoms with Crippen LogP contribution in [0.3, 0.4) is 0 Å². The molecule has 0 spiro atoms. The highest BCUT2D eigenvalue weighted by atomic mass is 19.4. The summed E-state index contributed by atoms with van der Waals surface area (Å²) in [6.07, 6.45) is -4.32. The molecule has 0 aliphatic heterocycles. The second kappa shape index (κ2) is 6.80. The first-order chi connectivity index (χ1) is 7.72. The zero-order valence-electron chi connectivity index (χ0n) is 10.4. The summed E-state index contributed by atoms with van der Waals surface area (Å²) in [5, 5.41) is 0. The molecule has 17 heavy (non-hydrogen) atoms. The summed E-state index contributed by atoms with van der Waals surface area (Å²) in [5.74, 6) is -1.80. The molecule has 0 aliphatic rings. The zero-order chi connectivity index (χ0) is 13.6. The fourth-order valence-corrected chi connectivity index (χ4v) is 1.26. The van der Waals surface area contributed by atoms with Gasteiger partial charge in [-0.3, -0.25) is 9.69 Å². The molecule has 0 bridgehead atoms. The minimum absolute atomic E-state index is 0.0178. The molecule has 0 aromatic heterocycles. The van der Waals surface area contributed by atoms with Gasteiger partial charge in [-0.15, -0.1) is 0 Å². The van der Waals surface area contributed by atoms with Crippen molar-refractivity contribution in [3.05, 3.63) is 0 Å². The summed E-state index contributed by atoms with van der Waals surface area (Å²) in [4.78, 5) is 14.2. The Bertz CT molecular complexity index is 243. The maximum atomic E-state index is 12.5. The highest BCUT2D eigenvalue weighted by Gasteiger charge is 2.39. The first kappa shape index (κ1) is 16.2. The number of hydrogen-bond donors (Lipinski definition) is 1. The van der Waals surface area contributed by atoms with Gasteiger partial charge in [0.05, 0.1) is 12.5 Å². The molecule has 0 saturated carbocycles. The number of rotatable bonds is 6. The lowest BCUT2D eigenvalue weighted by atomic mass is 10.1. The van der Waals surface area contributed by atoms with Crippen LogP contribution in [0.5, 0.6) is 0 Å². The number of carbonyl (C=O) groups is 1. The van der Waals surface area contributed by atoms with E-state index in [2.05, 4.69) is 0 Å². The number of halogens is 3. The van der Waals surface area contributed by atoms with Crippen LogP contribution in [0.1, 0.15) is 6.92 Å². The van der Waals surface area contributed by atoms with E-state index < -0.39 is 18.6 Å². The molecule has 0 heterocycles. The molecule has 1 unspecified atom stereocenters. The van der Waals surface area contributed by atoms with Crippen molar-refractivity contribution < 1.29 is 18.0 Å². The van der Waals surface area contributed by atoms with Crippen molar-refractivity contribution in [1.29, 1.82) is 0 Å². The van der Waals surface area contributed by atoms with E-state index in [4.69, 9.17) is 5.73 Å². The maximum Gasteiger partial charge on any atom is 0.394 e. The van der Waals surface area contributed by atoms with Crippen LogP contribution in [0, 0.1) is 5.92 Å². The monoisotopic (exact) mass is 255 g/mol. The van der Waals surface area contributed by atoms with Gasteiger partial charge in [-0.25, -0.2) is 0 Å². The highest BCUT2D eigenvalue weighted by Crippen LogP contribution is 2.26. The lowest BCUT2D eigenvalue weighted by Crippen LogP contribution is -2.44. The van der Waals surface area contributed by atoms with Gasteiger partial charge in [-0.05, 0) is 6.54 Å². The SMILES string of the molecule is CCN(CC(=O)N(C)C)CC(CN)C(F)(F)F. The van der Waals surface area contributed by atoms with Gasteiger partial charge in [0.25, 0.3) is 0 Å². The molecule has 7 heteroatoms. The van der Waals surface area contributed by atoms with Crippen molar-refractivity contribution in [2.45, 2.75) is 13.1 Å². The van der Waals surface area contributed by atoms with Gasteiger partial charge in [0, 0.05) is 27.2 Å². The van der Waals surface area contributed by atoms with E-state index >= 15 is 0 Å². The molecule has 0 aromatic rings. The number of carbonyl (C=O) groups excluding carboxylic acids is 1. The summed E-state index contributed by atoms with van der Waals surface area (Å²) in [7, 11) is 3.14. The van der Waals surface area contributed by atoms with E-state index in [0.29, 0.717) is 6.54 Å². The number of hydrogen-bond acceptors (Lipinski definition) is 3. The van der Waals surface area contributed by atoms with E-state index in [9.17, 15) is 18.0 Å². The van der Waals surface area contributed by atoms with E-state index in [1.54, 1.807) is 21.0 Å². The van der Waals surface area contributed by atoms with Crippen molar-refractivity contribution in [2.75, 3.05) is 40.3 Å². The van der Waals surface area contributed by atoms with Crippen LogP contribution in [-0.4, -0.2) is 62.2 Å². The van der Waals surface area contributed by atoms with Gasteiger partial charge in [-0.2, -0.15) is 13.2 Å². The van der Waals surface area contributed by atoms with E-state index in [0.717, 1.165) is 0 Å². The van der Waals surface area contributed by atoms with Crippen molar-refractivity contribution in [3.8, 4) is 0 Å². The molecular formula is C10H20F3N3O. The quantitative estimate of drug-likeness (QED) is 0.753. The van der Waals surface area contributed by atoms with Crippen molar-refractivity contribution in [3.63, 3.8) is 0 Å². The predicted molar refractivity (Wildman–Crippen MR) is 59.4 cm³/mol. The molecule has 1 amide bonds. The van der Waals surface area contributed by atoms with E-state index in [1.807, 2.05) is 0 Å². The normalized spacial score (nSPS) is 13.9. The molecule has 102 valence electrons. The Kier molecular flexibility index (Phi) is 6.48. The first-order valence-electron chi connectivity index (χ1n) is 5.41. The van der Waals surface area contributed by atoms with Gasteiger partial charge in [0.1, 0.15) is 0 Å². The number of alkyl halides is 3. The fraction of sp³-hybridized carbons (Fsp3) is 0.900. The van der Waals surface area contributed by atoms with Crippen LogP contribution in [0.2, 0.25) is 0 Å². The molecule has 0 aromatic carbocycles. The van der Waals surface area contributed by atoms with E-state index in [1.165, 1.54) is 9.80 Å². The largest absolute Gasteiger partial charge is 0.394 e. The molecule has 0 fully saturated rings. The first-order valence-corrected chi connectivity index (χ1v) is 5.41. The Hall–Kier alpha value is -0.820. The Morgan fingerprint density at radius 2 is 1.88 bits per heavy atom. The molecule has 0 rings (SSSR count). The summed E-state index contributed by atoms with van der Waals surface area (Å²) in [5.41, 5.74) is 5.11. The van der Waals surface area contributed by atoms with Crippen molar-refractivity contribution in [2.24, 2.45) is 11.7 Å². The Morgan fingerprint density at radius 3 is 2.18 bits per heavy atom. The lowest BCUT2D eigenvalue weighted by molar-refractivity contribution is -0.176. The summed E-state index contributed by atoms with van der Waals surface area (Å²) < 4.78 is 37.5. The highest BCUT2D eigenvalue weighted by molar-refractivity contribution is 5.77. The standard InChI is InChI=1S/C10H20F3N3O/c1-4-16(7-9(17)15(2)3)6-8(5-14)10(11,12)13/h8H,4-7,14H2,1-3H3. The van der Waals surface area contributed by atoms with E-state index in [-0.39, 0.29) is 19.0 Å². The number of nitrogens with two attached hydrogens (primary N) is 1. The van der Waals surface area contributed by atoms with Crippen LogP contribution >= 0.6 is 0 Å². The Balaban J connectivity index is 4.43. The van der Waals surface area contributed by atoms with Crippen molar-refractivity contribution >= 4 is 5.91 Å². The van der Waals surface area contributed by atoms with Crippen LogP contribution in [0.25, 0.3) is 0 Å². The minimum atomic E-state index is -4.32. The maximum absolute atomic E-state index is 12.5. The molecule has 0 saturated heterocycles. The second-order valence-electron chi connectivity index (χ2n) is 4.09. The zero-order valence-corrected chi connectivity index (χ0v) is 10.4. The lowest BCUT2D eigenvalue weighted by Gasteiger charge is -2.27. The third-order valence-corrected chi connectivity index (χ3v) is 2.53. The van der Waals surface area contributed by atoms with Crippen LogP contribution in [-0.2, 0) is 4.79 Å². The predicted octanol–water partition coefficient (Wildman–Crippen LogP) is 0.534. The molecular weight excluding hydrogens is 235 g/mol. The Morgan fingerprint density at radius 1 is 1.35 bits per heavy atom. The number of amides is 1. The molecule has 2 N–H and O–H groups in total. The number of nitrogens with zero attached hydrogens (tertiary/aromatic N) is 2. The fourth-order valence-electron chi connectivity index (χ4n) is 1.26. The molecule has 0 radical (unpaired) electrons. The van der Waals surface area contributed by atoms with Crippen LogP contribution in [0.15, 0.2) is 0 Å². The van der Waals surface area contributed by atoms with Gasteiger partial charge in [-0.1, -0.05) is 6.92 Å². The summed E-state index contributed by atoms with van der Waals surface area (Å²) in [6.45, 7) is 1.38. The second-order valence-corrected chi connectivity index (χ2v) is 4.09.